The summed E-state index contributed by atoms with van der Waals surface area (Å²) in [5.41, 5.74) is 0.474. The maximum absolute atomic E-state index is 9.04. The third-order valence-electron chi connectivity index (χ3n) is 2.13. The molecule has 2 aromatic heterocycles. The maximum Gasteiger partial charge on any atom is 0.138 e. The molecule has 0 amide bonds. The normalized spacial score (nSPS) is 10.6. The van der Waals surface area contributed by atoms with E-state index in [0.717, 1.165) is 5.82 Å². The molecule has 0 radical (unpaired) electrons. The van der Waals surface area contributed by atoms with Gasteiger partial charge in [-0.2, -0.15) is 0 Å². The molecule has 0 aliphatic carbocycles. The highest BCUT2D eigenvalue weighted by atomic mass is 35.5. The molecule has 0 bridgehead atoms. The third kappa shape index (κ3) is 1.86. The summed E-state index contributed by atoms with van der Waals surface area (Å²) in [5, 5.41) is 9.51. The number of aromatic nitrogens is 3. The van der Waals surface area contributed by atoms with Gasteiger partial charge >= 0.3 is 0 Å². The Kier molecular flexibility index (Phi) is 2.70. The number of hydrogen-bond acceptors (Lipinski definition) is 3. The van der Waals surface area contributed by atoms with Crippen LogP contribution < -0.4 is 0 Å². The molecule has 1 N–H and O–H groups in total. The number of halogens is 1. The van der Waals surface area contributed by atoms with Gasteiger partial charge in [0, 0.05) is 12.4 Å². The van der Waals surface area contributed by atoms with Gasteiger partial charge in [-0.15, -0.1) is 0 Å². The standard InChI is InChI=1S/C10H10ClN3O/c1-7-12-4-5-14(7)10-3-2-8(11)9(6-15)13-10/h2-5,15H,6H2,1H3. The lowest BCUT2D eigenvalue weighted by Crippen LogP contribution is -2.01. The van der Waals surface area contributed by atoms with E-state index < -0.39 is 0 Å². The number of rotatable bonds is 2. The number of pyridine rings is 1. The van der Waals surface area contributed by atoms with Gasteiger partial charge in [0.25, 0.3) is 0 Å². The lowest BCUT2D eigenvalue weighted by molar-refractivity contribution is 0.277. The van der Waals surface area contributed by atoms with Crippen molar-refractivity contribution >= 4 is 11.6 Å². The van der Waals surface area contributed by atoms with Crippen LogP contribution in [0.25, 0.3) is 5.82 Å². The highest BCUT2D eigenvalue weighted by Gasteiger charge is 2.05. The minimum absolute atomic E-state index is 0.166. The van der Waals surface area contributed by atoms with Gasteiger partial charge in [0.05, 0.1) is 17.3 Å². The van der Waals surface area contributed by atoms with Crippen LogP contribution >= 0.6 is 11.6 Å². The predicted molar refractivity (Wildman–Crippen MR) is 57.0 cm³/mol. The zero-order valence-corrected chi connectivity index (χ0v) is 8.94. The molecule has 78 valence electrons. The van der Waals surface area contributed by atoms with Crippen molar-refractivity contribution in [3.63, 3.8) is 0 Å². The van der Waals surface area contributed by atoms with Gasteiger partial charge in [0.15, 0.2) is 0 Å². The molecule has 0 aliphatic rings. The van der Waals surface area contributed by atoms with E-state index in [-0.39, 0.29) is 6.61 Å². The van der Waals surface area contributed by atoms with E-state index in [1.807, 2.05) is 17.7 Å². The number of imidazole rings is 1. The van der Waals surface area contributed by atoms with E-state index in [2.05, 4.69) is 9.97 Å². The van der Waals surface area contributed by atoms with Crippen LogP contribution in [-0.2, 0) is 6.61 Å². The molecule has 0 spiro atoms. The van der Waals surface area contributed by atoms with Gasteiger partial charge in [-0.3, -0.25) is 4.57 Å². The average molecular weight is 224 g/mol. The van der Waals surface area contributed by atoms with E-state index in [0.29, 0.717) is 16.5 Å². The summed E-state index contributed by atoms with van der Waals surface area (Å²) in [4.78, 5) is 8.33. The fraction of sp³-hybridized carbons (Fsp3) is 0.200. The predicted octanol–water partition coefficient (Wildman–Crippen LogP) is 1.72. The van der Waals surface area contributed by atoms with Gasteiger partial charge in [-0.1, -0.05) is 11.6 Å². The Hall–Kier alpha value is -1.39. The van der Waals surface area contributed by atoms with Gasteiger partial charge in [0.1, 0.15) is 11.6 Å². The fourth-order valence-electron chi connectivity index (χ4n) is 1.34. The molecule has 0 atom stereocenters. The SMILES string of the molecule is Cc1nccn1-c1ccc(Cl)c(CO)n1. The Bertz CT molecular complexity index is 481. The highest BCUT2D eigenvalue weighted by Crippen LogP contribution is 2.16. The monoisotopic (exact) mass is 223 g/mol. The molecule has 2 rings (SSSR count). The zero-order chi connectivity index (χ0) is 10.8. The summed E-state index contributed by atoms with van der Waals surface area (Å²) in [5.74, 6) is 1.55. The van der Waals surface area contributed by atoms with Gasteiger partial charge in [0.2, 0.25) is 0 Å². The lowest BCUT2D eigenvalue weighted by Gasteiger charge is -2.06. The Labute approximate surface area is 92.2 Å². The molecular weight excluding hydrogens is 214 g/mol. The summed E-state index contributed by atoms with van der Waals surface area (Å²) in [7, 11) is 0. The second-order valence-corrected chi connectivity index (χ2v) is 3.51. The topological polar surface area (TPSA) is 50.9 Å². The summed E-state index contributed by atoms with van der Waals surface area (Å²) in [6.45, 7) is 1.72. The van der Waals surface area contributed by atoms with E-state index >= 15 is 0 Å². The van der Waals surface area contributed by atoms with Crippen LogP contribution in [0.4, 0.5) is 0 Å². The molecule has 5 heteroatoms. The average Bonchev–Trinajstić information content (AvgIpc) is 2.65. The summed E-state index contributed by atoms with van der Waals surface area (Å²) < 4.78 is 1.83. The van der Waals surface area contributed by atoms with Gasteiger partial charge < -0.3 is 5.11 Å². The summed E-state index contributed by atoms with van der Waals surface area (Å²) in [6, 6.07) is 3.51. The van der Waals surface area contributed by atoms with Crippen LogP contribution in [0.5, 0.6) is 0 Å². The maximum atomic E-state index is 9.04. The first-order valence-corrected chi connectivity index (χ1v) is 4.87. The van der Waals surface area contributed by atoms with Crippen molar-refractivity contribution in [1.29, 1.82) is 0 Å². The zero-order valence-electron chi connectivity index (χ0n) is 8.18. The Morgan fingerprint density at radius 2 is 2.27 bits per heavy atom. The van der Waals surface area contributed by atoms with Gasteiger partial charge in [-0.25, -0.2) is 9.97 Å². The second kappa shape index (κ2) is 4.00. The molecule has 0 fully saturated rings. The van der Waals surface area contributed by atoms with E-state index in [4.69, 9.17) is 16.7 Å². The lowest BCUT2D eigenvalue weighted by atomic mass is 10.3. The third-order valence-corrected chi connectivity index (χ3v) is 2.47. The van der Waals surface area contributed by atoms with Crippen molar-refractivity contribution in [2.24, 2.45) is 0 Å². The fourth-order valence-corrected chi connectivity index (χ4v) is 1.50. The van der Waals surface area contributed by atoms with Gasteiger partial charge in [-0.05, 0) is 19.1 Å². The first-order chi connectivity index (χ1) is 7.22. The quantitative estimate of drug-likeness (QED) is 0.844. The molecular formula is C10H10ClN3O. The molecule has 0 saturated heterocycles. The van der Waals surface area contributed by atoms with E-state index in [9.17, 15) is 0 Å². The molecule has 15 heavy (non-hydrogen) atoms. The number of aryl methyl sites for hydroxylation is 1. The smallest absolute Gasteiger partial charge is 0.138 e. The van der Waals surface area contributed by atoms with E-state index in [1.54, 1.807) is 18.3 Å². The Morgan fingerprint density at radius 3 is 2.87 bits per heavy atom. The van der Waals surface area contributed by atoms with Crippen molar-refractivity contribution in [3.05, 3.63) is 41.1 Å². The summed E-state index contributed by atoms with van der Waals surface area (Å²) >= 11 is 5.85. The Balaban J connectivity index is 2.51. The molecule has 2 aromatic rings. The number of hydrogen-bond donors (Lipinski definition) is 1. The van der Waals surface area contributed by atoms with Crippen LogP contribution in [0.2, 0.25) is 5.02 Å². The highest BCUT2D eigenvalue weighted by molar-refractivity contribution is 6.31. The number of nitrogens with zero attached hydrogens (tertiary/aromatic N) is 3. The van der Waals surface area contributed by atoms with Crippen molar-refractivity contribution in [2.75, 3.05) is 0 Å². The van der Waals surface area contributed by atoms with Crippen LogP contribution in [0.1, 0.15) is 11.5 Å². The van der Waals surface area contributed by atoms with Crippen LogP contribution in [-0.4, -0.2) is 19.6 Å². The minimum Gasteiger partial charge on any atom is -0.390 e. The number of aliphatic hydroxyl groups excluding tert-OH is 1. The van der Waals surface area contributed by atoms with E-state index in [1.165, 1.54) is 0 Å². The van der Waals surface area contributed by atoms with Crippen molar-refractivity contribution in [1.82, 2.24) is 14.5 Å². The second-order valence-electron chi connectivity index (χ2n) is 3.10. The molecule has 0 unspecified atom stereocenters. The number of aliphatic hydroxyl groups is 1. The van der Waals surface area contributed by atoms with Crippen LogP contribution in [0.15, 0.2) is 24.5 Å². The summed E-state index contributed by atoms with van der Waals surface area (Å²) in [6.07, 6.45) is 3.51. The molecule has 2 heterocycles. The largest absolute Gasteiger partial charge is 0.390 e. The Morgan fingerprint density at radius 1 is 1.47 bits per heavy atom. The first kappa shape index (κ1) is 10.1. The molecule has 4 nitrogen and oxygen atoms in total. The minimum atomic E-state index is -0.166. The molecule has 0 aromatic carbocycles. The van der Waals surface area contributed by atoms with Crippen molar-refractivity contribution in [3.8, 4) is 5.82 Å². The molecule has 0 saturated carbocycles. The van der Waals surface area contributed by atoms with Crippen molar-refractivity contribution in [2.45, 2.75) is 13.5 Å². The molecule has 0 aliphatic heterocycles. The van der Waals surface area contributed by atoms with Crippen LogP contribution in [0.3, 0.4) is 0 Å². The van der Waals surface area contributed by atoms with Crippen LogP contribution in [0, 0.1) is 6.92 Å². The van der Waals surface area contributed by atoms with Crippen molar-refractivity contribution < 1.29 is 5.11 Å². The first-order valence-electron chi connectivity index (χ1n) is 4.49.